The van der Waals surface area contributed by atoms with Gasteiger partial charge in [0.1, 0.15) is 11.9 Å². The Bertz CT molecular complexity index is 1210. The summed E-state index contributed by atoms with van der Waals surface area (Å²) in [5, 5.41) is 9.79. The highest BCUT2D eigenvalue weighted by Gasteiger charge is 2.26. The third-order valence-corrected chi connectivity index (χ3v) is 5.36. The quantitative estimate of drug-likeness (QED) is 0.523. The number of benzene rings is 2. The number of aromatic nitrogens is 2. The fraction of sp³-hybridized carbons (Fsp3) is 0.211. The standard InChI is InChI=1S/C19H13BrClF2N3O2/c1-25-17-12(9-24)16(18(27)11-7-10(23)3-4-14(11)21)13(20)8-15(17)26(19(25)28)6-2-5-22/h3-4,7-8H,2,5-6H2,1H3. The van der Waals surface area contributed by atoms with E-state index in [1.165, 1.54) is 28.3 Å². The predicted octanol–water partition coefficient (Wildman–Crippen LogP) is 4.36. The summed E-state index contributed by atoms with van der Waals surface area (Å²) in [7, 11) is 1.47. The van der Waals surface area contributed by atoms with E-state index >= 15 is 0 Å². The summed E-state index contributed by atoms with van der Waals surface area (Å²) >= 11 is 9.32. The second-order valence-corrected chi connectivity index (χ2v) is 7.34. The molecule has 0 saturated carbocycles. The van der Waals surface area contributed by atoms with Gasteiger partial charge in [0, 0.05) is 23.6 Å². The van der Waals surface area contributed by atoms with Crippen LogP contribution in [0.25, 0.3) is 11.0 Å². The van der Waals surface area contributed by atoms with Crippen molar-refractivity contribution < 1.29 is 13.6 Å². The molecule has 0 saturated heterocycles. The molecule has 0 aliphatic carbocycles. The SMILES string of the molecule is Cn1c(=O)n(CCCF)c2cc(Br)c(C(=O)c3cc(F)ccc3Cl)c(C#N)c21. The van der Waals surface area contributed by atoms with E-state index < -0.39 is 24.0 Å². The Morgan fingerprint density at radius 3 is 2.71 bits per heavy atom. The first-order chi connectivity index (χ1) is 13.3. The number of hydrogen-bond acceptors (Lipinski definition) is 3. The number of halogens is 4. The Labute approximate surface area is 171 Å². The normalized spacial score (nSPS) is 11.0. The number of nitriles is 1. The van der Waals surface area contributed by atoms with Gasteiger partial charge in [0.05, 0.1) is 33.9 Å². The van der Waals surface area contributed by atoms with E-state index in [0.717, 1.165) is 12.1 Å². The Morgan fingerprint density at radius 2 is 2.07 bits per heavy atom. The van der Waals surface area contributed by atoms with E-state index in [4.69, 9.17) is 11.6 Å². The van der Waals surface area contributed by atoms with Crippen molar-refractivity contribution in [1.29, 1.82) is 5.26 Å². The van der Waals surface area contributed by atoms with Crippen LogP contribution in [0.15, 0.2) is 33.5 Å². The molecule has 0 unspecified atom stereocenters. The smallest absolute Gasteiger partial charge is 0.294 e. The second-order valence-electron chi connectivity index (χ2n) is 6.08. The van der Waals surface area contributed by atoms with Crippen LogP contribution in [0, 0.1) is 17.1 Å². The average molecular weight is 469 g/mol. The fourth-order valence-electron chi connectivity index (χ4n) is 3.12. The van der Waals surface area contributed by atoms with Crippen LogP contribution in [0.3, 0.4) is 0 Å². The molecule has 0 spiro atoms. The van der Waals surface area contributed by atoms with Crippen LogP contribution in [-0.2, 0) is 13.6 Å². The van der Waals surface area contributed by atoms with Gasteiger partial charge in [0.2, 0.25) is 0 Å². The van der Waals surface area contributed by atoms with Gasteiger partial charge in [-0.2, -0.15) is 5.26 Å². The molecule has 0 N–H and O–H groups in total. The molecule has 0 fully saturated rings. The van der Waals surface area contributed by atoms with E-state index in [2.05, 4.69) is 15.9 Å². The first kappa shape index (κ1) is 20.2. The zero-order valence-electron chi connectivity index (χ0n) is 14.6. The minimum Gasteiger partial charge on any atom is -0.294 e. The van der Waals surface area contributed by atoms with Crippen LogP contribution < -0.4 is 5.69 Å². The summed E-state index contributed by atoms with van der Waals surface area (Å²) in [5.74, 6) is -1.30. The van der Waals surface area contributed by atoms with Gasteiger partial charge in [0.15, 0.2) is 5.78 Å². The van der Waals surface area contributed by atoms with Gasteiger partial charge >= 0.3 is 5.69 Å². The van der Waals surface area contributed by atoms with Crippen molar-refractivity contribution in [2.24, 2.45) is 7.05 Å². The van der Waals surface area contributed by atoms with Crippen molar-refractivity contribution in [3.8, 4) is 6.07 Å². The van der Waals surface area contributed by atoms with Crippen molar-refractivity contribution in [3.63, 3.8) is 0 Å². The molecule has 28 heavy (non-hydrogen) atoms. The van der Waals surface area contributed by atoms with Crippen molar-refractivity contribution in [2.45, 2.75) is 13.0 Å². The highest BCUT2D eigenvalue weighted by Crippen LogP contribution is 2.32. The maximum Gasteiger partial charge on any atom is 0.328 e. The number of rotatable bonds is 5. The lowest BCUT2D eigenvalue weighted by molar-refractivity contribution is 0.103. The monoisotopic (exact) mass is 467 g/mol. The topological polar surface area (TPSA) is 67.8 Å². The Morgan fingerprint density at radius 1 is 1.36 bits per heavy atom. The van der Waals surface area contributed by atoms with E-state index in [9.17, 15) is 23.6 Å². The number of hydrogen-bond donors (Lipinski definition) is 0. The van der Waals surface area contributed by atoms with Crippen LogP contribution >= 0.6 is 27.5 Å². The van der Waals surface area contributed by atoms with Gasteiger partial charge < -0.3 is 0 Å². The number of carbonyl (C=O) groups excluding carboxylic acids is 1. The first-order valence-corrected chi connectivity index (χ1v) is 9.36. The summed E-state index contributed by atoms with van der Waals surface area (Å²) < 4.78 is 29.1. The number of nitrogens with zero attached hydrogens (tertiary/aromatic N) is 3. The molecule has 5 nitrogen and oxygen atoms in total. The third kappa shape index (κ3) is 3.25. The van der Waals surface area contributed by atoms with Gasteiger partial charge in [-0.1, -0.05) is 11.6 Å². The van der Waals surface area contributed by atoms with Gasteiger partial charge in [-0.3, -0.25) is 18.3 Å². The van der Waals surface area contributed by atoms with Crippen LogP contribution in [0.4, 0.5) is 8.78 Å². The molecule has 0 bridgehead atoms. The van der Waals surface area contributed by atoms with Crippen molar-refractivity contribution in [2.75, 3.05) is 6.67 Å². The Kier molecular flexibility index (Phi) is 5.68. The van der Waals surface area contributed by atoms with Crippen molar-refractivity contribution >= 4 is 44.3 Å². The third-order valence-electron chi connectivity index (χ3n) is 4.40. The summed E-state index contributed by atoms with van der Waals surface area (Å²) in [5.41, 5.74) is 0.0334. The van der Waals surface area contributed by atoms with E-state index in [1.54, 1.807) is 0 Å². The minimum atomic E-state index is -0.654. The average Bonchev–Trinajstić information content (AvgIpc) is 2.90. The molecule has 0 radical (unpaired) electrons. The maximum atomic E-state index is 13.6. The van der Waals surface area contributed by atoms with Gasteiger partial charge in [-0.25, -0.2) is 9.18 Å². The van der Waals surface area contributed by atoms with Gasteiger partial charge in [-0.15, -0.1) is 0 Å². The number of carbonyl (C=O) groups is 1. The molecule has 0 aliphatic rings. The second kappa shape index (κ2) is 7.86. The molecule has 2 aromatic carbocycles. The lowest BCUT2D eigenvalue weighted by Crippen LogP contribution is -2.22. The number of ketones is 1. The van der Waals surface area contributed by atoms with Crippen molar-refractivity contribution in [3.05, 3.63) is 66.8 Å². The summed E-state index contributed by atoms with van der Waals surface area (Å²) in [4.78, 5) is 25.6. The van der Waals surface area contributed by atoms with E-state index in [1.807, 2.05) is 6.07 Å². The molecule has 144 valence electrons. The number of aryl methyl sites for hydroxylation is 2. The van der Waals surface area contributed by atoms with Gasteiger partial charge in [0.25, 0.3) is 0 Å². The molecular weight excluding hydrogens is 456 g/mol. The van der Waals surface area contributed by atoms with Crippen LogP contribution in [0.5, 0.6) is 0 Å². The summed E-state index contributed by atoms with van der Waals surface area (Å²) in [6, 6.07) is 6.86. The fourth-order valence-corrected chi connectivity index (χ4v) is 3.92. The summed E-state index contributed by atoms with van der Waals surface area (Å²) in [6.07, 6.45) is 0.137. The molecular formula is C19H13BrClF2N3O2. The molecule has 0 atom stereocenters. The highest BCUT2D eigenvalue weighted by molar-refractivity contribution is 9.10. The molecule has 3 aromatic rings. The lowest BCUT2D eigenvalue weighted by atomic mass is 9.97. The van der Waals surface area contributed by atoms with E-state index in [-0.39, 0.29) is 44.7 Å². The molecule has 3 rings (SSSR count). The van der Waals surface area contributed by atoms with Crippen LogP contribution in [0.1, 0.15) is 27.9 Å². The zero-order valence-corrected chi connectivity index (χ0v) is 16.9. The van der Waals surface area contributed by atoms with E-state index in [0.29, 0.717) is 5.52 Å². The largest absolute Gasteiger partial charge is 0.328 e. The molecule has 1 heterocycles. The molecule has 0 amide bonds. The molecule has 9 heteroatoms. The highest BCUT2D eigenvalue weighted by atomic mass is 79.9. The number of alkyl halides is 1. The van der Waals surface area contributed by atoms with Crippen molar-refractivity contribution in [1.82, 2.24) is 9.13 Å². The number of fused-ring (bicyclic) bond motifs is 1. The minimum absolute atomic E-state index is 0.0271. The summed E-state index contributed by atoms with van der Waals surface area (Å²) in [6.45, 7) is -0.462. The molecule has 0 aliphatic heterocycles. The Hall–Kier alpha value is -2.50. The number of imidazole rings is 1. The van der Waals surface area contributed by atoms with Crippen LogP contribution in [0.2, 0.25) is 5.02 Å². The predicted molar refractivity (Wildman–Crippen MR) is 105 cm³/mol. The molecule has 1 aromatic heterocycles. The Balaban J connectivity index is 2.34. The van der Waals surface area contributed by atoms with Crippen LogP contribution in [-0.4, -0.2) is 21.6 Å². The zero-order chi connectivity index (χ0) is 20.6. The maximum absolute atomic E-state index is 13.6. The lowest BCUT2D eigenvalue weighted by Gasteiger charge is -2.10. The van der Waals surface area contributed by atoms with Gasteiger partial charge in [-0.05, 0) is 46.6 Å². The first-order valence-electron chi connectivity index (χ1n) is 8.19.